The molecule has 7 heteroatoms. The summed E-state index contributed by atoms with van der Waals surface area (Å²) in [6, 6.07) is 15.6. The fourth-order valence-corrected chi connectivity index (χ4v) is 3.63. The van der Waals surface area contributed by atoms with E-state index in [9.17, 15) is 4.79 Å². The summed E-state index contributed by atoms with van der Waals surface area (Å²) in [5, 5.41) is 7.03. The van der Waals surface area contributed by atoms with Crippen LogP contribution in [0.15, 0.2) is 48.5 Å². The molecule has 1 aliphatic carbocycles. The number of hydrogen-bond acceptors (Lipinski definition) is 3. The maximum atomic E-state index is 12.7. The zero-order chi connectivity index (χ0) is 17.6. The number of nitrogens with two attached hydrogens (primary N) is 1. The standard InChI is InChI=1S/C20H24ClN3O.2ClH/c21-16-9-10-18(23-13-14-5-2-1-3-6-14)19(11-16)24-20(25)17-8-4-7-15(17)12-22;;/h1-3,5-6,9-11,15,17,23H,4,7-8,12-13,22H2,(H,24,25);2*1H/t15-,17-;;/m1../s1. The largest absolute Gasteiger partial charge is 0.379 e. The summed E-state index contributed by atoms with van der Waals surface area (Å²) in [4.78, 5) is 12.7. The Hall–Kier alpha value is -1.46. The maximum Gasteiger partial charge on any atom is 0.227 e. The Bertz CT molecular complexity index is 728. The normalized spacial score (nSPS) is 18.1. The van der Waals surface area contributed by atoms with E-state index in [1.54, 1.807) is 6.07 Å². The molecule has 0 radical (unpaired) electrons. The van der Waals surface area contributed by atoms with E-state index in [0.717, 1.165) is 30.6 Å². The Kier molecular flexibility index (Phi) is 9.95. The SMILES string of the molecule is Cl.Cl.NC[C@H]1CCC[C@H]1C(=O)Nc1cc(Cl)ccc1NCc1ccccc1. The van der Waals surface area contributed by atoms with Crippen LogP contribution in [0.1, 0.15) is 24.8 Å². The summed E-state index contributed by atoms with van der Waals surface area (Å²) in [7, 11) is 0. The molecular weight excluding hydrogens is 405 g/mol. The number of hydrogen-bond donors (Lipinski definition) is 3. The second-order valence-electron chi connectivity index (χ2n) is 6.55. The number of rotatable bonds is 6. The molecule has 0 bridgehead atoms. The van der Waals surface area contributed by atoms with E-state index in [1.807, 2.05) is 30.3 Å². The molecule has 0 aliphatic heterocycles. The first-order chi connectivity index (χ1) is 12.2. The molecule has 1 fully saturated rings. The van der Waals surface area contributed by atoms with Crippen molar-refractivity contribution >= 4 is 53.7 Å². The maximum absolute atomic E-state index is 12.7. The van der Waals surface area contributed by atoms with E-state index in [0.29, 0.717) is 18.1 Å². The van der Waals surface area contributed by atoms with E-state index in [-0.39, 0.29) is 42.6 Å². The van der Waals surface area contributed by atoms with Crippen LogP contribution in [0.3, 0.4) is 0 Å². The third-order valence-electron chi connectivity index (χ3n) is 4.86. The summed E-state index contributed by atoms with van der Waals surface area (Å²) < 4.78 is 0. The lowest BCUT2D eigenvalue weighted by atomic mass is 9.95. The fraction of sp³-hybridized carbons (Fsp3) is 0.350. The molecule has 2 atom stereocenters. The van der Waals surface area contributed by atoms with Crippen LogP contribution in [0.25, 0.3) is 0 Å². The Balaban J connectivity index is 0.00000182. The second kappa shape index (κ2) is 11.4. The molecule has 27 heavy (non-hydrogen) atoms. The van der Waals surface area contributed by atoms with Crippen LogP contribution in [0.4, 0.5) is 11.4 Å². The number of benzene rings is 2. The Morgan fingerprint density at radius 2 is 1.81 bits per heavy atom. The first kappa shape index (κ1) is 23.6. The summed E-state index contributed by atoms with van der Waals surface area (Å²) in [5.74, 6) is 0.309. The highest BCUT2D eigenvalue weighted by Crippen LogP contribution is 2.33. The predicted molar refractivity (Wildman–Crippen MR) is 118 cm³/mol. The molecule has 1 amide bonds. The molecule has 4 nitrogen and oxygen atoms in total. The van der Waals surface area contributed by atoms with Crippen molar-refractivity contribution in [3.63, 3.8) is 0 Å². The van der Waals surface area contributed by atoms with Gasteiger partial charge < -0.3 is 16.4 Å². The van der Waals surface area contributed by atoms with Crippen LogP contribution in [-0.2, 0) is 11.3 Å². The number of anilines is 2. The van der Waals surface area contributed by atoms with Crippen LogP contribution in [0.5, 0.6) is 0 Å². The molecule has 0 unspecified atom stereocenters. The highest BCUT2D eigenvalue weighted by molar-refractivity contribution is 6.31. The topological polar surface area (TPSA) is 67.2 Å². The van der Waals surface area contributed by atoms with E-state index >= 15 is 0 Å². The summed E-state index contributed by atoms with van der Waals surface area (Å²) >= 11 is 6.13. The van der Waals surface area contributed by atoms with Crippen molar-refractivity contribution in [1.29, 1.82) is 0 Å². The van der Waals surface area contributed by atoms with E-state index < -0.39 is 0 Å². The Morgan fingerprint density at radius 1 is 1.07 bits per heavy atom. The third-order valence-corrected chi connectivity index (χ3v) is 5.10. The summed E-state index contributed by atoms with van der Waals surface area (Å²) in [5.41, 5.74) is 8.57. The predicted octanol–water partition coefficient (Wildman–Crippen LogP) is 5.11. The van der Waals surface area contributed by atoms with Gasteiger partial charge in [0.1, 0.15) is 0 Å². The minimum atomic E-state index is -0.00838. The fourth-order valence-electron chi connectivity index (χ4n) is 3.46. The number of halogens is 3. The summed E-state index contributed by atoms with van der Waals surface area (Å²) in [6.07, 6.45) is 3.00. The zero-order valence-corrected chi connectivity index (χ0v) is 17.4. The molecule has 148 valence electrons. The monoisotopic (exact) mass is 429 g/mol. The van der Waals surface area contributed by atoms with Crippen molar-refractivity contribution in [3.05, 3.63) is 59.1 Å². The van der Waals surface area contributed by atoms with Crippen molar-refractivity contribution in [2.24, 2.45) is 17.6 Å². The van der Waals surface area contributed by atoms with Gasteiger partial charge in [-0.25, -0.2) is 0 Å². The van der Waals surface area contributed by atoms with Crippen LogP contribution in [0, 0.1) is 11.8 Å². The van der Waals surface area contributed by atoms with Gasteiger partial charge in [-0.3, -0.25) is 4.79 Å². The van der Waals surface area contributed by atoms with E-state index in [4.69, 9.17) is 17.3 Å². The minimum Gasteiger partial charge on any atom is -0.379 e. The average Bonchev–Trinajstić information content (AvgIpc) is 3.11. The van der Waals surface area contributed by atoms with Gasteiger partial charge in [0, 0.05) is 17.5 Å². The molecule has 0 spiro atoms. The van der Waals surface area contributed by atoms with Gasteiger partial charge in [0.2, 0.25) is 5.91 Å². The number of amides is 1. The van der Waals surface area contributed by atoms with Crippen molar-refractivity contribution in [2.45, 2.75) is 25.8 Å². The zero-order valence-electron chi connectivity index (χ0n) is 15.0. The molecule has 1 saturated carbocycles. The van der Waals surface area contributed by atoms with Crippen LogP contribution < -0.4 is 16.4 Å². The van der Waals surface area contributed by atoms with Gasteiger partial charge >= 0.3 is 0 Å². The van der Waals surface area contributed by atoms with Crippen molar-refractivity contribution in [3.8, 4) is 0 Å². The first-order valence-corrected chi connectivity index (χ1v) is 9.13. The molecule has 2 aromatic carbocycles. The second-order valence-corrected chi connectivity index (χ2v) is 6.99. The van der Waals surface area contributed by atoms with Gasteiger partial charge in [0.05, 0.1) is 11.4 Å². The summed E-state index contributed by atoms with van der Waals surface area (Å²) in [6.45, 7) is 1.24. The van der Waals surface area contributed by atoms with Gasteiger partial charge in [-0.2, -0.15) is 0 Å². The quantitative estimate of drug-likeness (QED) is 0.596. The molecule has 3 rings (SSSR count). The lowest BCUT2D eigenvalue weighted by Crippen LogP contribution is -2.30. The average molecular weight is 431 g/mol. The lowest BCUT2D eigenvalue weighted by Gasteiger charge is -2.19. The van der Waals surface area contributed by atoms with Crippen LogP contribution in [0.2, 0.25) is 5.02 Å². The van der Waals surface area contributed by atoms with Gasteiger partial charge in [-0.1, -0.05) is 48.4 Å². The Labute approximate surface area is 178 Å². The molecular formula is C20H26Cl3N3O. The molecule has 1 aliphatic rings. The van der Waals surface area contributed by atoms with E-state index in [1.165, 1.54) is 5.56 Å². The van der Waals surface area contributed by atoms with Gasteiger partial charge in [0.25, 0.3) is 0 Å². The van der Waals surface area contributed by atoms with Crippen molar-refractivity contribution < 1.29 is 4.79 Å². The Morgan fingerprint density at radius 3 is 2.52 bits per heavy atom. The molecule has 0 aromatic heterocycles. The van der Waals surface area contributed by atoms with Crippen molar-refractivity contribution in [2.75, 3.05) is 17.2 Å². The highest BCUT2D eigenvalue weighted by atomic mass is 35.5. The number of nitrogens with one attached hydrogen (secondary N) is 2. The lowest BCUT2D eigenvalue weighted by molar-refractivity contribution is -0.120. The van der Waals surface area contributed by atoms with Crippen molar-refractivity contribution in [1.82, 2.24) is 0 Å². The van der Waals surface area contributed by atoms with Gasteiger partial charge in [0.15, 0.2) is 0 Å². The molecule has 0 heterocycles. The van der Waals surface area contributed by atoms with Gasteiger partial charge in [-0.15, -0.1) is 24.8 Å². The van der Waals surface area contributed by atoms with Crippen LogP contribution >= 0.6 is 36.4 Å². The first-order valence-electron chi connectivity index (χ1n) is 8.75. The number of carbonyl (C=O) groups excluding carboxylic acids is 1. The molecule has 0 saturated heterocycles. The van der Waals surface area contributed by atoms with Gasteiger partial charge in [-0.05, 0) is 49.1 Å². The molecule has 4 N–H and O–H groups in total. The molecule has 2 aromatic rings. The highest BCUT2D eigenvalue weighted by Gasteiger charge is 2.32. The number of carbonyl (C=O) groups is 1. The van der Waals surface area contributed by atoms with Crippen LogP contribution in [-0.4, -0.2) is 12.5 Å². The van der Waals surface area contributed by atoms with E-state index in [2.05, 4.69) is 22.8 Å². The smallest absolute Gasteiger partial charge is 0.227 e. The third kappa shape index (κ3) is 6.28. The minimum absolute atomic E-state index is 0.